The van der Waals surface area contributed by atoms with Gasteiger partial charge in [-0.2, -0.15) is 0 Å². The summed E-state index contributed by atoms with van der Waals surface area (Å²) in [4.78, 5) is 13.7. The Morgan fingerprint density at radius 1 is 1.56 bits per heavy atom. The summed E-state index contributed by atoms with van der Waals surface area (Å²) in [6, 6.07) is 0. The molecule has 0 aliphatic carbocycles. The molecule has 2 rings (SSSR count). The van der Waals surface area contributed by atoms with E-state index in [2.05, 4.69) is 5.16 Å². The summed E-state index contributed by atoms with van der Waals surface area (Å²) in [6.45, 7) is 4.72. The number of aromatic nitrogens is 1. The molecule has 0 spiro atoms. The molecule has 1 aromatic heterocycles. The van der Waals surface area contributed by atoms with E-state index < -0.39 is 5.60 Å². The van der Waals surface area contributed by atoms with Crippen molar-refractivity contribution in [1.82, 2.24) is 10.1 Å². The van der Waals surface area contributed by atoms with E-state index in [1.807, 2.05) is 0 Å². The van der Waals surface area contributed by atoms with Gasteiger partial charge in [-0.15, -0.1) is 0 Å². The van der Waals surface area contributed by atoms with Crippen molar-refractivity contribution >= 4 is 5.91 Å². The van der Waals surface area contributed by atoms with E-state index >= 15 is 0 Å². The number of likely N-dealkylation sites (tertiary alicyclic amines) is 1. The number of piperidine rings is 1. The van der Waals surface area contributed by atoms with Crippen LogP contribution in [0.1, 0.15) is 35.9 Å². The number of hydrogen-bond donors (Lipinski definition) is 1. The molecule has 1 N–H and O–H groups in total. The van der Waals surface area contributed by atoms with Crippen LogP contribution in [0.4, 0.5) is 0 Å². The average molecular weight is 224 g/mol. The molecule has 1 aliphatic rings. The molecule has 1 amide bonds. The van der Waals surface area contributed by atoms with E-state index in [4.69, 9.17) is 4.52 Å². The van der Waals surface area contributed by atoms with Crippen molar-refractivity contribution in [3.8, 4) is 0 Å². The van der Waals surface area contributed by atoms with Gasteiger partial charge in [0.2, 0.25) is 5.76 Å². The number of aliphatic hydroxyl groups is 1. The summed E-state index contributed by atoms with van der Waals surface area (Å²) in [7, 11) is 0. The van der Waals surface area contributed by atoms with Crippen molar-refractivity contribution in [2.75, 3.05) is 13.1 Å². The van der Waals surface area contributed by atoms with Crippen LogP contribution in [0.5, 0.6) is 0 Å². The highest BCUT2D eigenvalue weighted by Crippen LogP contribution is 2.22. The fourth-order valence-electron chi connectivity index (χ4n) is 1.83. The standard InChI is InChI=1S/C11H16N2O3/c1-8-7-12-16-9(8)10(14)13-5-3-11(2,15)4-6-13/h7,15H,3-6H2,1-2H3. The Hall–Kier alpha value is -1.36. The lowest BCUT2D eigenvalue weighted by Gasteiger charge is -2.35. The zero-order chi connectivity index (χ0) is 11.8. The minimum absolute atomic E-state index is 0.134. The van der Waals surface area contributed by atoms with Gasteiger partial charge in [-0.05, 0) is 26.7 Å². The molecule has 0 unspecified atom stereocenters. The van der Waals surface area contributed by atoms with Crippen LogP contribution in [0.2, 0.25) is 0 Å². The van der Waals surface area contributed by atoms with Gasteiger partial charge in [-0.25, -0.2) is 0 Å². The van der Waals surface area contributed by atoms with Gasteiger partial charge in [0.1, 0.15) is 0 Å². The van der Waals surface area contributed by atoms with Crippen LogP contribution in [0.15, 0.2) is 10.7 Å². The maximum Gasteiger partial charge on any atom is 0.292 e. The number of carbonyl (C=O) groups excluding carboxylic acids is 1. The van der Waals surface area contributed by atoms with Crippen molar-refractivity contribution in [3.63, 3.8) is 0 Å². The van der Waals surface area contributed by atoms with Crippen LogP contribution in [-0.2, 0) is 0 Å². The smallest absolute Gasteiger partial charge is 0.292 e. The molecule has 0 saturated carbocycles. The van der Waals surface area contributed by atoms with Gasteiger partial charge < -0.3 is 14.5 Å². The highest BCUT2D eigenvalue weighted by Gasteiger charge is 2.31. The van der Waals surface area contributed by atoms with Crippen molar-refractivity contribution in [2.24, 2.45) is 0 Å². The van der Waals surface area contributed by atoms with Crippen LogP contribution >= 0.6 is 0 Å². The Labute approximate surface area is 94.0 Å². The highest BCUT2D eigenvalue weighted by molar-refractivity contribution is 5.92. The summed E-state index contributed by atoms with van der Waals surface area (Å²) in [5.74, 6) is 0.173. The monoisotopic (exact) mass is 224 g/mol. The minimum Gasteiger partial charge on any atom is -0.390 e. The second-order valence-corrected chi connectivity index (χ2v) is 4.63. The maximum absolute atomic E-state index is 12.0. The van der Waals surface area contributed by atoms with E-state index in [-0.39, 0.29) is 5.91 Å². The van der Waals surface area contributed by atoms with Crippen LogP contribution in [0.25, 0.3) is 0 Å². The molecular formula is C11H16N2O3. The Kier molecular flexibility index (Phi) is 2.71. The Morgan fingerprint density at radius 3 is 2.69 bits per heavy atom. The van der Waals surface area contributed by atoms with Gasteiger partial charge in [-0.1, -0.05) is 5.16 Å². The van der Waals surface area contributed by atoms with Gasteiger partial charge >= 0.3 is 0 Å². The van der Waals surface area contributed by atoms with E-state index in [0.29, 0.717) is 31.7 Å². The van der Waals surface area contributed by atoms with Crippen LogP contribution < -0.4 is 0 Å². The number of hydrogen-bond acceptors (Lipinski definition) is 4. The van der Waals surface area contributed by atoms with E-state index in [9.17, 15) is 9.90 Å². The van der Waals surface area contributed by atoms with Crippen molar-refractivity contribution in [2.45, 2.75) is 32.3 Å². The van der Waals surface area contributed by atoms with Gasteiger partial charge in [0, 0.05) is 18.7 Å². The van der Waals surface area contributed by atoms with Gasteiger partial charge in [0.05, 0.1) is 11.8 Å². The van der Waals surface area contributed by atoms with Crippen LogP contribution in [0, 0.1) is 6.92 Å². The predicted octanol–water partition coefficient (Wildman–Crippen LogP) is 0.970. The molecule has 1 fully saturated rings. The van der Waals surface area contributed by atoms with Crippen molar-refractivity contribution in [3.05, 3.63) is 17.5 Å². The largest absolute Gasteiger partial charge is 0.390 e. The summed E-state index contributed by atoms with van der Waals surface area (Å²) in [5, 5.41) is 13.4. The molecule has 88 valence electrons. The average Bonchev–Trinajstić information content (AvgIpc) is 2.63. The first-order valence-corrected chi connectivity index (χ1v) is 5.42. The zero-order valence-corrected chi connectivity index (χ0v) is 9.56. The molecule has 5 heteroatoms. The number of carbonyl (C=O) groups is 1. The van der Waals surface area contributed by atoms with Crippen LogP contribution in [-0.4, -0.2) is 39.8 Å². The normalized spacial score (nSPS) is 19.8. The van der Waals surface area contributed by atoms with Gasteiger partial charge in [0.25, 0.3) is 5.91 Å². The maximum atomic E-state index is 12.0. The molecule has 16 heavy (non-hydrogen) atoms. The molecule has 2 heterocycles. The molecule has 5 nitrogen and oxygen atoms in total. The quantitative estimate of drug-likeness (QED) is 0.771. The summed E-state index contributed by atoms with van der Waals surface area (Å²) >= 11 is 0. The first-order chi connectivity index (χ1) is 7.49. The van der Waals surface area contributed by atoms with Crippen molar-refractivity contribution < 1.29 is 14.4 Å². The Bertz CT molecular complexity index is 388. The third-order valence-corrected chi connectivity index (χ3v) is 3.07. The molecule has 0 aromatic carbocycles. The lowest BCUT2D eigenvalue weighted by atomic mass is 9.94. The molecule has 1 aliphatic heterocycles. The molecule has 1 aromatic rings. The zero-order valence-electron chi connectivity index (χ0n) is 9.56. The van der Waals surface area contributed by atoms with Gasteiger partial charge in [0.15, 0.2) is 0 Å². The van der Waals surface area contributed by atoms with E-state index in [1.54, 1.807) is 18.7 Å². The SMILES string of the molecule is Cc1cnoc1C(=O)N1CCC(C)(O)CC1. The first kappa shape index (κ1) is 11.1. The molecular weight excluding hydrogens is 208 g/mol. The second-order valence-electron chi connectivity index (χ2n) is 4.63. The highest BCUT2D eigenvalue weighted by atomic mass is 16.5. The second kappa shape index (κ2) is 3.90. The Balaban J connectivity index is 2.05. The van der Waals surface area contributed by atoms with E-state index in [1.165, 1.54) is 6.20 Å². The number of nitrogens with zero attached hydrogens (tertiary/aromatic N) is 2. The van der Waals surface area contributed by atoms with Crippen molar-refractivity contribution in [1.29, 1.82) is 0 Å². The fraction of sp³-hybridized carbons (Fsp3) is 0.636. The van der Waals surface area contributed by atoms with Crippen LogP contribution in [0.3, 0.4) is 0 Å². The molecule has 1 saturated heterocycles. The minimum atomic E-state index is -0.646. The third kappa shape index (κ3) is 2.09. The van der Waals surface area contributed by atoms with Gasteiger partial charge in [-0.3, -0.25) is 4.79 Å². The molecule has 0 radical (unpaired) electrons. The van der Waals surface area contributed by atoms with E-state index in [0.717, 1.165) is 5.56 Å². The first-order valence-electron chi connectivity index (χ1n) is 5.42. The topological polar surface area (TPSA) is 66.6 Å². The summed E-state index contributed by atoms with van der Waals surface area (Å²) < 4.78 is 4.93. The number of aryl methyl sites for hydroxylation is 1. The third-order valence-electron chi connectivity index (χ3n) is 3.07. The Morgan fingerprint density at radius 2 is 2.19 bits per heavy atom. The number of rotatable bonds is 1. The lowest BCUT2D eigenvalue weighted by Crippen LogP contribution is -2.45. The lowest BCUT2D eigenvalue weighted by molar-refractivity contribution is -0.00311. The summed E-state index contributed by atoms with van der Waals surface area (Å²) in [6.07, 6.45) is 2.74. The summed E-state index contributed by atoms with van der Waals surface area (Å²) in [5.41, 5.74) is 0.107. The molecule has 0 atom stereocenters. The number of amides is 1. The molecule has 0 bridgehead atoms. The predicted molar refractivity (Wildman–Crippen MR) is 57.0 cm³/mol. The fourth-order valence-corrected chi connectivity index (χ4v) is 1.83.